The molecule has 0 aromatic heterocycles. The third-order valence-corrected chi connectivity index (χ3v) is 4.09. The molecule has 6 heteroatoms. The molecule has 1 aliphatic carbocycles. The second-order valence-corrected chi connectivity index (χ2v) is 6.01. The molecule has 1 amide bonds. The van der Waals surface area contributed by atoms with Gasteiger partial charge in [0.2, 0.25) is 5.91 Å². The number of amides is 1. The van der Waals surface area contributed by atoms with Gasteiger partial charge in [-0.3, -0.25) is 4.79 Å². The van der Waals surface area contributed by atoms with Crippen molar-refractivity contribution in [3.63, 3.8) is 0 Å². The molecular formula is C18H29ClN2O3. The first kappa shape index (κ1) is 20.6. The van der Waals surface area contributed by atoms with Crippen molar-refractivity contribution in [3.05, 3.63) is 24.3 Å². The van der Waals surface area contributed by atoms with E-state index in [0.29, 0.717) is 38.1 Å². The van der Waals surface area contributed by atoms with Gasteiger partial charge in [0.25, 0.3) is 0 Å². The van der Waals surface area contributed by atoms with Crippen LogP contribution in [0.5, 0.6) is 11.5 Å². The van der Waals surface area contributed by atoms with Crippen LogP contribution in [0.1, 0.15) is 45.4 Å². The van der Waals surface area contributed by atoms with Gasteiger partial charge in [0, 0.05) is 18.5 Å². The third-order valence-electron chi connectivity index (χ3n) is 4.09. The highest BCUT2D eigenvalue weighted by Gasteiger charge is 2.19. The predicted molar refractivity (Wildman–Crippen MR) is 98.0 cm³/mol. The standard InChI is InChI=1S/C18H28N2O3.ClH/c1-2-22-16-6-3-4-7-17(16)23-13-5-8-18(21)20-15-11-9-14(19)10-12-15;/h3-4,6-7,14-15H,2,5,8-13,19H2,1H3,(H,20,21);1H. The summed E-state index contributed by atoms with van der Waals surface area (Å²) in [6.45, 7) is 3.06. The van der Waals surface area contributed by atoms with Gasteiger partial charge in [-0.05, 0) is 51.2 Å². The number of carbonyl (C=O) groups excluding carboxylic acids is 1. The van der Waals surface area contributed by atoms with Crippen molar-refractivity contribution in [2.45, 2.75) is 57.5 Å². The number of hydrogen-bond acceptors (Lipinski definition) is 4. The Bertz CT molecular complexity index is 491. The van der Waals surface area contributed by atoms with E-state index in [9.17, 15) is 4.79 Å². The van der Waals surface area contributed by atoms with Crippen LogP contribution in [-0.2, 0) is 4.79 Å². The summed E-state index contributed by atoms with van der Waals surface area (Å²) in [4.78, 5) is 12.0. The summed E-state index contributed by atoms with van der Waals surface area (Å²) in [6, 6.07) is 8.21. The number of rotatable bonds is 8. The summed E-state index contributed by atoms with van der Waals surface area (Å²) >= 11 is 0. The van der Waals surface area contributed by atoms with Crippen molar-refractivity contribution < 1.29 is 14.3 Å². The molecule has 1 aliphatic rings. The number of halogens is 1. The fraction of sp³-hybridized carbons (Fsp3) is 0.611. The number of nitrogens with two attached hydrogens (primary N) is 1. The quantitative estimate of drug-likeness (QED) is 0.702. The summed E-state index contributed by atoms with van der Waals surface area (Å²) in [7, 11) is 0. The molecule has 3 N–H and O–H groups in total. The van der Waals surface area contributed by atoms with E-state index in [1.165, 1.54) is 0 Å². The summed E-state index contributed by atoms with van der Waals surface area (Å²) in [6.07, 6.45) is 5.17. The summed E-state index contributed by atoms with van der Waals surface area (Å²) in [5.41, 5.74) is 5.88. The van der Waals surface area contributed by atoms with Gasteiger partial charge in [-0.15, -0.1) is 12.4 Å². The first-order chi connectivity index (χ1) is 11.2. The molecule has 0 unspecified atom stereocenters. The van der Waals surface area contributed by atoms with Crippen molar-refractivity contribution in [1.82, 2.24) is 5.32 Å². The lowest BCUT2D eigenvalue weighted by molar-refractivity contribution is -0.122. The Morgan fingerprint density at radius 2 is 1.79 bits per heavy atom. The molecular weight excluding hydrogens is 328 g/mol. The fourth-order valence-corrected chi connectivity index (χ4v) is 2.82. The molecule has 0 atom stereocenters. The monoisotopic (exact) mass is 356 g/mol. The van der Waals surface area contributed by atoms with Crippen LogP contribution in [0.3, 0.4) is 0 Å². The molecule has 5 nitrogen and oxygen atoms in total. The van der Waals surface area contributed by atoms with Crippen LogP contribution >= 0.6 is 12.4 Å². The molecule has 1 aromatic carbocycles. The minimum atomic E-state index is 0. The minimum absolute atomic E-state index is 0. The normalized spacial score (nSPS) is 19.9. The lowest BCUT2D eigenvalue weighted by atomic mass is 9.92. The summed E-state index contributed by atoms with van der Waals surface area (Å²) in [5, 5.41) is 3.10. The van der Waals surface area contributed by atoms with E-state index in [2.05, 4.69) is 5.32 Å². The van der Waals surface area contributed by atoms with Crippen LogP contribution in [-0.4, -0.2) is 31.2 Å². The SMILES string of the molecule is CCOc1ccccc1OCCCC(=O)NC1CCC(N)CC1.Cl. The molecule has 136 valence electrons. The highest BCUT2D eigenvalue weighted by atomic mass is 35.5. The molecule has 24 heavy (non-hydrogen) atoms. The molecule has 0 spiro atoms. The van der Waals surface area contributed by atoms with E-state index in [-0.39, 0.29) is 18.3 Å². The van der Waals surface area contributed by atoms with Crippen LogP contribution in [0.25, 0.3) is 0 Å². The zero-order valence-corrected chi connectivity index (χ0v) is 15.1. The van der Waals surface area contributed by atoms with E-state index >= 15 is 0 Å². The first-order valence-corrected chi connectivity index (χ1v) is 8.58. The van der Waals surface area contributed by atoms with E-state index in [4.69, 9.17) is 15.2 Å². The van der Waals surface area contributed by atoms with Crippen LogP contribution in [0.4, 0.5) is 0 Å². The van der Waals surface area contributed by atoms with E-state index in [1.807, 2.05) is 31.2 Å². The van der Waals surface area contributed by atoms with Crippen molar-refractivity contribution in [2.24, 2.45) is 5.73 Å². The first-order valence-electron chi connectivity index (χ1n) is 8.58. The lowest BCUT2D eigenvalue weighted by Crippen LogP contribution is -2.40. The molecule has 0 saturated heterocycles. The van der Waals surface area contributed by atoms with Gasteiger partial charge in [0.1, 0.15) is 0 Å². The largest absolute Gasteiger partial charge is 0.490 e. The Morgan fingerprint density at radius 3 is 2.42 bits per heavy atom. The van der Waals surface area contributed by atoms with Crippen LogP contribution in [0.2, 0.25) is 0 Å². The second kappa shape index (κ2) is 11.2. The van der Waals surface area contributed by atoms with Gasteiger partial charge in [0.05, 0.1) is 13.2 Å². The fourth-order valence-electron chi connectivity index (χ4n) is 2.82. The Balaban J connectivity index is 0.00000288. The van der Waals surface area contributed by atoms with E-state index < -0.39 is 0 Å². The number of ether oxygens (including phenoxy) is 2. The summed E-state index contributed by atoms with van der Waals surface area (Å²) in [5.74, 6) is 1.58. The molecule has 0 radical (unpaired) electrons. The van der Waals surface area contributed by atoms with E-state index in [0.717, 1.165) is 37.2 Å². The topological polar surface area (TPSA) is 73.6 Å². The maximum atomic E-state index is 12.0. The average Bonchev–Trinajstić information content (AvgIpc) is 2.55. The third kappa shape index (κ3) is 6.97. The van der Waals surface area contributed by atoms with Crippen molar-refractivity contribution >= 4 is 18.3 Å². The van der Waals surface area contributed by atoms with Gasteiger partial charge < -0.3 is 20.5 Å². The van der Waals surface area contributed by atoms with Crippen LogP contribution in [0, 0.1) is 0 Å². The van der Waals surface area contributed by atoms with Gasteiger partial charge in [0.15, 0.2) is 11.5 Å². The molecule has 0 aliphatic heterocycles. The van der Waals surface area contributed by atoms with Gasteiger partial charge in [-0.1, -0.05) is 12.1 Å². The number of nitrogens with one attached hydrogen (secondary N) is 1. The second-order valence-electron chi connectivity index (χ2n) is 6.01. The Hall–Kier alpha value is -1.46. The lowest BCUT2D eigenvalue weighted by Gasteiger charge is -2.26. The molecule has 0 heterocycles. The maximum Gasteiger partial charge on any atom is 0.220 e. The molecule has 1 saturated carbocycles. The highest BCUT2D eigenvalue weighted by molar-refractivity contribution is 5.85. The number of carbonyl (C=O) groups is 1. The molecule has 1 aromatic rings. The smallest absolute Gasteiger partial charge is 0.220 e. The maximum absolute atomic E-state index is 12.0. The number of para-hydroxylation sites is 2. The highest BCUT2D eigenvalue weighted by Crippen LogP contribution is 2.26. The van der Waals surface area contributed by atoms with Crippen molar-refractivity contribution in [3.8, 4) is 11.5 Å². The Kier molecular flexibility index (Phi) is 9.57. The van der Waals surface area contributed by atoms with Gasteiger partial charge in [-0.2, -0.15) is 0 Å². The number of benzene rings is 1. The van der Waals surface area contributed by atoms with Crippen molar-refractivity contribution in [2.75, 3.05) is 13.2 Å². The van der Waals surface area contributed by atoms with Gasteiger partial charge in [-0.25, -0.2) is 0 Å². The van der Waals surface area contributed by atoms with Crippen LogP contribution < -0.4 is 20.5 Å². The Morgan fingerprint density at radius 1 is 1.17 bits per heavy atom. The zero-order valence-electron chi connectivity index (χ0n) is 14.3. The average molecular weight is 357 g/mol. The minimum Gasteiger partial charge on any atom is -0.490 e. The van der Waals surface area contributed by atoms with Gasteiger partial charge >= 0.3 is 0 Å². The predicted octanol–water partition coefficient (Wildman–Crippen LogP) is 3.05. The number of hydrogen-bond donors (Lipinski definition) is 2. The zero-order chi connectivity index (χ0) is 16.5. The molecule has 0 bridgehead atoms. The Labute approximate surface area is 150 Å². The van der Waals surface area contributed by atoms with Crippen molar-refractivity contribution in [1.29, 1.82) is 0 Å². The molecule has 2 rings (SSSR count). The van der Waals surface area contributed by atoms with E-state index in [1.54, 1.807) is 0 Å². The summed E-state index contributed by atoms with van der Waals surface area (Å²) < 4.78 is 11.2. The molecule has 1 fully saturated rings. The van der Waals surface area contributed by atoms with Crippen LogP contribution in [0.15, 0.2) is 24.3 Å².